The molecule has 1 unspecified atom stereocenters. The maximum Gasteiger partial charge on any atom is 0.295 e. The van der Waals surface area contributed by atoms with Crippen molar-refractivity contribution >= 4 is 23.1 Å². The van der Waals surface area contributed by atoms with E-state index < -0.39 is 22.7 Å². The standard InChI is InChI=1S/C30H31N3O6/c1-20-18-24(39-19-21-8-5-4-6-9-21)14-15-25(20)28(34)26-27(22-10-12-23(13-11-22)33(37)38)32(30(36)29(26)35)17-7-16-31(2)3/h4-6,8-15,18,27,34H,7,16-17,19H2,1-3H3/b28-26+. The molecule has 9 heteroatoms. The Morgan fingerprint density at radius 1 is 1.05 bits per heavy atom. The molecule has 1 aliphatic rings. The number of hydrogen-bond donors (Lipinski definition) is 1. The number of Topliss-reactive ketones (excluding diaryl/α,β-unsaturated/α-hetero) is 1. The number of likely N-dealkylation sites (tertiary alicyclic amines) is 1. The van der Waals surface area contributed by atoms with E-state index in [1.807, 2.05) is 49.3 Å². The minimum atomic E-state index is -0.874. The third-order valence-electron chi connectivity index (χ3n) is 6.67. The molecule has 0 aliphatic carbocycles. The van der Waals surface area contributed by atoms with Crippen molar-refractivity contribution < 1.29 is 24.4 Å². The lowest BCUT2D eigenvalue weighted by Gasteiger charge is -2.26. The van der Waals surface area contributed by atoms with Crippen LogP contribution >= 0.6 is 0 Å². The van der Waals surface area contributed by atoms with E-state index in [0.29, 0.717) is 42.0 Å². The van der Waals surface area contributed by atoms with Gasteiger partial charge >= 0.3 is 0 Å². The number of ketones is 1. The minimum absolute atomic E-state index is 0.0419. The minimum Gasteiger partial charge on any atom is -0.507 e. The fourth-order valence-electron chi connectivity index (χ4n) is 4.67. The van der Waals surface area contributed by atoms with Crippen LogP contribution in [-0.2, 0) is 16.2 Å². The topological polar surface area (TPSA) is 113 Å². The summed E-state index contributed by atoms with van der Waals surface area (Å²) in [6, 6.07) is 19.7. The van der Waals surface area contributed by atoms with Gasteiger partial charge in [0.1, 0.15) is 18.1 Å². The molecule has 0 aromatic heterocycles. The van der Waals surface area contributed by atoms with Gasteiger partial charge in [0, 0.05) is 24.2 Å². The summed E-state index contributed by atoms with van der Waals surface area (Å²) in [6.45, 7) is 3.15. The number of carbonyl (C=O) groups excluding carboxylic acids is 2. The van der Waals surface area contributed by atoms with E-state index >= 15 is 0 Å². The van der Waals surface area contributed by atoms with Crippen molar-refractivity contribution in [2.45, 2.75) is 26.0 Å². The zero-order chi connectivity index (χ0) is 28.1. The maximum atomic E-state index is 13.3. The molecule has 1 amide bonds. The van der Waals surface area contributed by atoms with Crippen molar-refractivity contribution in [1.29, 1.82) is 0 Å². The quantitative estimate of drug-likeness (QED) is 0.131. The van der Waals surface area contributed by atoms with Crippen LogP contribution in [0.4, 0.5) is 5.69 Å². The van der Waals surface area contributed by atoms with Crippen LogP contribution in [0, 0.1) is 17.0 Å². The summed E-state index contributed by atoms with van der Waals surface area (Å²) in [5.41, 5.74) is 2.44. The molecule has 39 heavy (non-hydrogen) atoms. The lowest BCUT2D eigenvalue weighted by atomic mass is 9.93. The first kappa shape index (κ1) is 27.5. The van der Waals surface area contributed by atoms with Gasteiger partial charge in [-0.25, -0.2) is 0 Å². The van der Waals surface area contributed by atoms with Gasteiger partial charge < -0.3 is 19.6 Å². The molecule has 0 saturated carbocycles. The van der Waals surface area contributed by atoms with Gasteiger partial charge in [-0.15, -0.1) is 0 Å². The van der Waals surface area contributed by atoms with E-state index in [2.05, 4.69) is 0 Å². The number of nitro groups is 1. The summed E-state index contributed by atoms with van der Waals surface area (Å²) < 4.78 is 5.89. The van der Waals surface area contributed by atoms with Gasteiger partial charge in [0.05, 0.1) is 16.5 Å². The Balaban J connectivity index is 1.70. The van der Waals surface area contributed by atoms with Gasteiger partial charge in [-0.3, -0.25) is 19.7 Å². The second kappa shape index (κ2) is 11.9. The zero-order valence-corrected chi connectivity index (χ0v) is 22.2. The first-order valence-corrected chi connectivity index (χ1v) is 12.6. The number of benzene rings is 3. The fourth-order valence-corrected chi connectivity index (χ4v) is 4.67. The number of nitrogens with zero attached hydrogens (tertiary/aromatic N) is 3. The molecular formula is C30H31N3O6. The Labute approximate surface area is 227 Å². The summed E-state index contributed by atoms with van der Waals surface area (Å²) in [5.74, 6) is -1.19. The van der Waals surface area contributed by atoms with Crippen molar-refractivity contribution in [3.05, 3.63) is 111 Å². The molecule has 1 atom stereocenters. The second-order valence-electron chi connectivity index (χ2n) is 9.75. The lowest BCUT2D eigenvalue weighted by molar-refractivity contribution is -0.384. The Hall–Kier alpha value is -4.50. The van der Waals surface area contributed by atoms with Crippen molar-refractivity contribution in [3.8, 4) is 5.75 Å². The number of aliphatic hydroxyl groups excluding tert-OH is 1. The van der Waals surface area contributed by atoms with Crippen LogP contribution in [0.25, 0.3) is 5.76 Å². The number of amides is 1. The van der Waals surface area contributed by atoms with Crippen LogP contribution in [0.15, 0.2) is 78.4 Å². The Bertz CT molecular complexity index is 1400. The summed E-state index contributed by atoms with van der Waals surface area (Å²) in [4.78, 5) is 40.5. The molecule has 3 aromatic carbocycles. The highest BCUT2D eigenvalue weighted by Crippen LogP contribution is 2.40. The van der Waals surface area contributed by atoms with Crippen LogP contribution in [0.5, 0.6) is 5.75 Å². The number of carbonyl (C=O) groups is 2. The van der Waals surface area contributed by atoms with Crippen LogP contribution in [0.3, 0.4) is 0 Å². The second-order valence-corrected chi connectivity index (χ2v) is 9.75. The number of aliphatic hydroxyl groups is 1. The summed E-state index contributed by atoms with van der Waals surface area (Å²) in [5, 5.41) is 22.6. The van der Waals surface area contributed by atoms with Gasteiger partial charge in [-0.1, -0.05) is 30.3 Å². The molecule has 0 radical (unpaired) electrons. The molecule has 1 aliphatic heterocycles. The van der Waals surface area contributed by atoms with Crippen LogP contribution < -0.4 is 4.74 Å². The highest BCUT2D eigenvalue weighted by atomic mass is 16.6. The molecule has 0 bridgehead atoms. The number of rotatable bonds is 10. The molecule has 3 aromatic rings. The predicted octanol–water partition coefficient (Wildman–Crippen LogP) is 4.86. The Kier molecular flexibility index (Phi) is 8.41. The molecule has 1 saturated heterocycles. The molecular weight excluding hydrogens is 498 g/mol. The highest BCUT2D eigenvalue weighted by Gasteiger charge is 2.46. The Morgan fingerprint density at radius 2 is 1.74 bits per heavy atom. The molecule has 1 N–H and O–H groups in total. The third kappa shape index (κ3) is 6.15. The van der Waals surface area contributed by atoms with E-state index in [-0.39, 0.29) is 23.6 Å². The van der Waals surface area contributed by atoms with Gasteiger partial charge in [0.25, 0.3) is 17.4 Å². The molecule has 1 fully saturated rings. The van der Waals surface area contributed by atoms with Crippen molar-refractivity contribution in [3.63, 3.8) is 0 Å². The van der Waals surface area contributed by atoms with Gasteiger partial charge in [-0.05, 0) is 81.0 Å². The number of aryl methyl sites for hydroxylation is 1. The first-order valence-electron chi connectivity index (χ1n) is 12.6. The van der Waals surface area contributed by atoms with Crippen molar-refractivity contribution in [2.75, 3.05) is 27.2 Å². The van der Waals surface area contributed by atoms with Gasteiger partial charge in [0.15, 0.2) is 0 Å². The fraction of sp³-hybridized carbons (Fsp3) is 0.267. The van der Waals surface area contributed by atoms with E-state index in [1.165, 1.54) is 29.2 Å². The van der Waals surface area contributed by atoms with E-state index in [0.717, 1.165) is 5.56 Å². The normalized spacial score (nSPS) is 16.6. The molecule has 202 valence electrons. The van der Waals surface area contributed by atoms with E-state index in [4.69, 9.17) is 4.74 Å². The monoisotopic (exact) mass is 529 g/mol. The SMILES string of the molecule is Cc1cc(OCc2ccccc2)ccc1/C(O)=C1\C(=O)C(=O)N(CCCN(C)C)C1c1ccc([N+](=O)[O-])cc1. The number of nitro benzene ring substituents is 1. The number of hydrogen-bond acceptors (Lipinski definition) is 7. The number of ether oxygens (including phenoxy) is 1. The molecule has 9 nitrogen and oxygen atoms in total. The average Bonchev–Trinajstić information content (AvgIpc) is 3.17. The van der Waals surface area contributed by atoms with Gasteiger partial charge in [-0.2, -0.15) is 0 Å². The smallest absolute Gasteiger partial charge is 0.295 e. The maximum absolute atomic E-state index is 13.3. The zero-order valence-electron chi connectivity index (χ0n) is 22.2. The van der Waals surface area contributed by atoms with E-state index in [1.54, 1.807) is 25.1 Å². The van der Waals surface area contributed by atoms with Crippen LogP contribution in [0.2, 0.25) is 0 Å². The first-order chi connectivity index (χ1) is 18.7. The van der Waals surface area contributed by atoms with Gasteiger partial charge in [0.2, 0.25) is 0 Å². The van der Waals surface area contributed by atoms with Crippen molar-refractivity contribution in [2.24, 2.45) is 0 Å². The molecule has 4 rings (SSSR count). The van der Waals surface area contributed by atoms with Crippen LogP contribution in [-0.4, -0.2) is 58.7 Å². The van der Waals surface area contributed by atoms with Crippen LogP contribution in [0.1, 0.15) is 34.7 Å². The predicted molar refractivity (Wildman–Crippen MR) is 147 cm³/mol. The largest absolute Gasteiger partial charge is 0.507 e. The number of non-ortho nitro benzene ring substituents is 1. The molecule has 0 spiro atoms. The Morgan fingerprint density at radius 3 is 2.36 bits per heavy atom. The summed E-state index contributed by atoms with van der Waals surface area (Å²) in [6.07, 6.45) is 0.607. The summed E-state index contributed by atoms with van der Waals surface area (Å²) in [7, 11) is 3.83. The summed E-state index contributed by atoms with van der Waals surface area (Å²) >= 11 is 0. The van der Waals surface area contributed by atoms with E-state index in [9.17, 15) is 24.8 Å². The molecule has 1 heterocycles. The third-order valence-corrected chi connectivity index (χ3v) is 6.67. The van der Waals surface area contributed by atoms with Crippen molar-refractivity contribution in [1.82, 2.24) is 9.80 Å². The lowest BCUT2D eigenvalue weighted by Crippen LogP contribution is -2.32. The average molecular weight is 530 g/mol. The highest BCUT2D eigenvalue weighted by molar-refractivity contribution is 6.46.